The highest BCUT2D eigenvalue weighted by Crippen LogP contribution is 2.30. The fourth-order valence-electron chi connectivity index (χ4n) is 5.35. The largest absolute Gasteiger partial charge is 0.355 e. The van der Waals surface area contributed by atoms with Gasteiger partial charge >= 0.3 is 5.69 Å². The van der Waals surface area contributed by atoms with Crippen LogP contribution in [-0.4, -0.2) is 54.6 Å². The SMILES string of the molecule is Cc1ccc(CCNC(=O)c2nc3c(N4CCC(n5c(=O)[nH]c6ccccc65)CC4)ncnc3n2C)cc1. The van der Waals surface area contributed by atoms with E-state index in [4.69, 9.17) is 0 Å². The topological polar surface area (TPSA) is 114 Å². The molecule has 3 aromatic heterocycles. The summed E-state index contributed by atoms with van der Waals surface area (Å²) in [7, 11) is 1.80. The molecule has 1 fully saturated rings. The number of carbonyl (C=O) groups excluding carboxylic acids is 1. The van der Waals surface area contributed by atoms with Crippen LogP contribution in [0.25, 0.3) is 22.2 Å². The molecule has 38 heavy (non-hydrogen) atoms. The van der Waals surface area contributed by atoms with E-state index >= 15 is 0 Å². The molecule has 2 aromatic carbocycles. The number of anilines is 1. The molecule has 0 radical (unpaired) electrons. The Morgan fingerprint density at radius 2 is 1.84 bits per heavy atom. The molecular weight excluding hydrogens is 480 g/mol. The number of imidazole rings is 2. The first kappa shape index (κ1) is 23.9. The summed E-state index contributed by atoms with van der Waals surface area (Å²) in [6.07, 6.45) is 3.86. The van der Waals surface area contributed by atoms with Crippen LogP contribution in [0.2, 0.25) is 0 Å². The Bertz CT molecular complexity index is 1670. The molecule has 10 nitrogen and oxygen atoms in total. The van der Waals surface area contributed by atoms with Gasteiger partial charge in [-0.3, -0.25) is 9.36 Å². The van der Waals surface area contributed by atoms with Gasteiger partial charge in [0.25, 0.3) is 5.91 Å². The first-order valence-electron chi connectivity index (χ1n) is 12.9. The third-order valence-electron chi connectivity index (χ3n) is 7.41. The van der Waals surface area contributed by atoms with Crippen molar-refractivity contribution in [2.24, 2.45) is 7.05 Å². The van der Waals surface area contributed by atoms with Crippen molar-refractivity contribution in [1.82, 2.24) is 34.4 Å². The first-order valence-corrected chi connectivity index (χ1v) is 12.9. The Hall–Kier alpha value is -4.47. The monoisotopic (exact) mass is 510 g/mol. The summed E-state index contributed by atoms with van der Waals surface area (Å²) in [5, 5.41) is 2.98. The molecule has 10 heteroatoms. The summed E-state index contributed by atoms with van der Waals surface area (Å²) in [5.74, 6) is 0.792. The molecule has 4 heterocycles. The van der Waals surface area contributed by atoms with Gasteiger partial charge in [0.2, 0.25) is 5.82 Å². The highest BCUT2D eigenvalue weighted by Gasteiger charge is 2.27. The molecule has 1 aliphatic rings. The second-order valence-electron chi connectivity index (χ2n) is 9.89. The molecule has 6 rings (SSSR count). The summed E-state index contributed by atoms with van der Waals surface area (Å²) in [5.41, 5.74) is 5.34. The number of amides is 1. The molecule has 0 unspecified atom stereocenters. The lowest BCUT2D eigenvalue weighted by atomic mass is 10.0. The lowest BCUT2D eigenvalue weighted by molar-refractivity contribution is 0.0941. The average molecular weight is 511 g/mol. The van der Waals surface area contributed by atoms with E-state index in [1.165, 1.54) is 17.5 Å². The Morgan fingerprint density at radius 3 is 2.63 bits per heavy atom. The molecule has 194 valence electrons. The van der Waals surface area contributed by atoms with Gasteiger partial charge in [0.05, 0.1) is 11.0 Å². The minimum Gasteiger partial charge on any atom is -0.355 e. The summed E-state index contributed by atoms with van der Waals surface area (Å²) in [4.78, 5) is 44.4. The smallest absolute Gasteiger partial charge is 0.326 e. The van der Waals surface area contributed by atoms with Crippen molar-refractivity contribution in [3.05, 3.63) is 82.3 Å². The molecule has 5 aromatic rings. The Labute approximate surface area is 219 Å². The van der Waals surface area contributed by atoms with Gasteiger partial charge in [0.1, 0.15) is 6.33 Å². The zero-order chi connectivity index (χ0) is 26.2. The number of nitrogens with zero attached hydrogens (tertiary/aromatic N) is 6. The molecule has 0 atom stereocenters. The van der Waals surface area contributed by atoms with E-state index in [1.807, 2.05) is 28.8 Å². The number of nitrogens with one attached hydrogen (secondary N) is 2. The van der Waals surface area contributed by atoms with Gasteiger partial charge in [0.15, 0.2) is 17.0 Å². The highest BCUT2D eigenvalue weighted by atomic mass is 16.2. The number of aryl methyl sites for hydroxylation is 2. The van der Waals surface area contributed by atoms with E-state index in [-0.39, 0.29) is 17.6 Å². The summed E-state index contributed by atoms with van der Waals surface area (Å²) >= 11 is 0. The number of fused-ring (bicyclic) bond motifs is 2. The van der Waals surface area contributed by atoms with Gasteiger partial charge in [-0.1, -0.05) is 42.0 Å². The van der Waals surface area contributed by atoms with E-state index in [0.717, 1.165) is 43.4 Å². The van der Waals surface area contributed by atoms with Crippen LogP contribution in [0.1, 0.15) is 40.6 Å². The van der Waals surface area contributed by atoms with E-state index < -0.39 is 0 Å². The van der Waals surface area contributed by atoms with Crippen LogP contribution < -0.4 is 15.9 Å². The fourth-order valence-corrected chi connectivity index (χ4v) is 5.35. The first-order chi connectivity index (χ1) is 18.5. The Morgan fingerprint density at radius 1 is 1.08 bits per heavy atom. The van der Waals surface area contributed by atoms with Crippen LogP contribution in [0.5, 0.6) is 0 Å². The number of aromatic nitrogens is 6. The Kier molecular flexibility index (Phi) is 6.15. The molecule has 1 aliphatic heterocycles. The van der Waals surface area contributed by atoms with Gasteiger partial charge in [-0.15, -0.1) is 0 Å². The third-order valence-corrected chi connectivity index (χ3v) is 7.41. The zero-order valence-electron chi connectivity index (χ0n) is 21.5. The van der Waals surface area contributed by atoms with Crippen LogP contribution >= 0.6 is 0 Å². The van der Waals surface area contributed by atoms with Crippen molar-refractivity contribution in [3.63, 3.8) is 0 Å². The van der Waals surface area contributed by atoms with Crippen LogP contribution in [0.3, 0.4) is 0 Å². The number of benzene rings is 2. The fraction of sp³-hybridized carbons (Fsp3) is 0.321. The molecule has 0 saturated carbocycles. The second-order valence-corrected chi connectivity index (χ2v) is 9.89. The molecule has 2 N–H and O–H groups in total. The van der Waals surface area contributed by atoms with Gasteiger partial charge in [-0.2, -0.15) is 0 Å². The lowest BCUT2D eigenvalue weighted by Gasteiger charge is -2.33. The minimum atomic E-state index is -0.235. The van der Waals surface area contributed by atoms with E-state index in [9.17, 15) is 9.59 Å². The number of hydrogen-bond acceptors (Lipinski definition) is 6. The molecule has 0 aliphatic carbocycles. The van der Waals surface area contributed by atoms with E-state index in [0.29, 0.717) is 29.4 Å². The predicted molar refractivity (Wildman–Crippen MR) is 147 cm³/mol. The molecule has 0 spiro atoms. The van der Waals surface area contributed by atoms with Crippen molar-refractivity contribution < 1.29 is 4.79 Å². The van der Waals surface area contributed by atoms with Crippen molar-refractivity contribution in [1.29, 1.82) is 0 Å². The quantitative estimate of drug-likeness (QED) is 0.363. The molecule has 1 amide bonds. The van der Waals surface area contributed by atoms with Crippen molar-refractivity contribution >= 4 is 33.9 Å². The summed E-state index contributed by atoms with van der Waals surface area (Å²) in [6.45, 7) is 4.01. The van der Waals surface area contributed by atoms with E-state index in [1.54, 1.807) is 11.6 Å². The number of aromatic amines is 1. The van der Waals surface area contributed by atoms with Gasteiger partial charge in [-0.25, -0.2) is 19.7 Å². The number of carbonyl (C=O) groups is 1. The van der Waals surface area contributed by atoms with Crippen LogP contribution in [0, 0.1) is 6.92 Å². The molecular formula is C28H30N8O2. The molecule has 0 bridgehead atoms. The van der Waals surface area contributed by atoms with Gasteiger partial charge < -0.3 is 19.8 Å². The van der Waals surface area contributed by atoms with Crippen molar-refractivity contribution in [3.8, 4) is 0 Å². The van der Waals surface area contributed by atoms with Crippen molar-refractivity contribution in [2.75, 3.05) is 24.5 Å². The maximum absolute atomic E-state index is 13.0. The maximum atomic E-state index is 13.0. The number of H-pyrrole nitrogens is 1. The highest BCUT2D eigenvalue weighted by molar-refractivity contribution is 5.96. The van der Waals surface area contributed by atoms with Gasteiger partial charge in [0, 0.05) is 32.7 Å². The van der Waals surface area contributed by atoms with Crippen LogP contribution in [0.15, 0.2) is 59.7 Å². The average Bonchev–Trinajstić information content (AvgIpc) is 3.46. The standard InChI is InChI=1S/C28H30N8O2/c1-18-7-9-19(10-8-18)11-14-29-27(37)26-33-23-24(34(26)2)30-17-31-25(23)35-15-12-20(13-16-35)36-22-6-4-3-5-21(22)32-28(36)38/h3-10,17,20H,11-16H2,1-2H3,(H,29,37)(H,32,38). The maximum Gasteiger partial charge on any atom is 0.326 e. The number of rotatable bonds is 6. The lowest BCUT2D eigenvalue weighted by Crippen LogP contribution is -2.37. The zero-order valence-corrected chi connectivity index (χ0v) is 21.5. The summed E-state index contributed by atoms with van der Waals surface area (Å²) in [6, 6.07) is 16.2. The van der Waals surface area contributed by atoms with Crippen LogP contribution in [0.4, 0.5) is 5.82 Å². The predicted octanol–water partition coefficient (Wildman–Crippen LogP) is 3.13. The van der Waals surface area contributed by atoms with E-state index in [2.05, 4.69) is 61.3 Å². The number of para-hydroxylation sites is 2. The summed E-state index contributed by atoms with van der Waals surface area (Å²) < 4.78 is 3.60. The number of hydrogen-bond donors (Lipinski definition) is 2. The molecule has 1 saturated heterocycles. The Balaban J connectivity index is 1.17. The second kappa shape index (κ2) is 9.77. The third kappa shape index (κ3) is 4.31. The minimum absolute atomic E-state index is 0.0724. The van der Waals surface area contributed by atoms with Gasteiger partial charge in [-0.05, 0) is 43.9 Å². The number of piperidine rings is 1. The van der Waals surface area contributed by atoms with Crippen molar-refractivity contribution in [2.45, 2.75) is 32.2 Å². The van der Waals surface area contributed by atoms with Crippen LogP contribution in [-0.2, 0) is 13.5 Å². The normalized spacial score (nSPS) is 14.4.